The van der Waals surface area contributed by atoms with Gasteiger partial charge in [0.05, 0.1) is 11.0 Å². The van der Waals surface area contributed by atoms with Crippen LogP contribution in [0.25, 0.3) is 82.4 Å². The van der Waals surface area contributed by atoms with E-state index in [0.717, 1.165) is 5.69 Å². The van der Waals surface area contributed by atoms with Crippen molar-refractivity contribution in [2.45, 2.75) is 0 Å². The second-order valence-electron chi connectivity index (χ2n) is 10.4. The molecule has 0 fully saturated rings. The van der Waals surface area contributed by atoms with Gasteiger partial charge in [0.1, 0.15) is 0 Å². The number of nitrogens with zero attached hydrogens (tertiary/aromatic N) is 2. The molecule has 0 amide bonds. The summed E-state index contributed by atoms with van der Waals surface area (Å²) in [7, 11) is 0. The van der Waals surface area contributed by atoms with Gasteiger partial charge in [-0.15, -0.1) is 0 Å². The van der Waals surface area contributed by atoms with E-state index in [-0.39, 0.29) is 0 Å². The second kappa shape index (κ2) is 7.66. The van der Waals surface area contributed by atoms with Crippen LogP contribution in [0.3, 0.4) is 0 Å². The van der Waals surface area contributed by atoms with Crippen LogP contribution in [0.1, 0.15) is 0 Å². The molecule has 8 aromatic rings. The molecule has 0 N–H and O–H groups in total. The van der Waals surface area contributed by atoms with Crippen LogP contribution in [-0.4, -0.2) is 9.55 Å². The molecule has 6 aromatic carbocycles. The van der Waals surface area contributed by atoms with Crippen LogP contribution in [0.15, 0.2) is 134 Å². The Labute approximate surface area is 225 Å². The Morgan fingerprint density at radius 2 is 1.23 bits per heavy atom. The third-order valence-corrected chi connectivity index (χ3v) is 8.42. The molecule has 0 saturated carbocycles. The molecule has 0 aliphatic heterocycles. The van der Waals surface area contributed by atoms with Crippen molar-refractivity contribution in [3.8, 4) is 39.1 Å². The molecule has 0 radical (unpaired) electrons. The lowest BCUT2D eigenvalue weighted by molar-refractivity contribution is 1.19. The number of benzene rings is 6. The van der Waals surface area contributed by atoms with Crippen LogP contribution in [-0.2, 0) is 0 Å². The van der Waals surface area contributed by atoms with Gasteiger partial charge in [-0.25, -0.2) is 0 Å². The molecule has 2 aromatic heterocycles. The van der Waals surface area contributed by atoms with E-state index >= 15 is 0 Å². The average Bonchev–Trinajstić information content (AvgIpc) is 3.52. The van der Waals surface area contributed by atoms with Crippen LogP contribution in [0.2, 0.25) is 0 Å². The van der Waals surface area contributed by atoms with Crippen molar-refractivity contribution in [3.05, 3.63) is 134 Å². The Morgan fingerprint density at radius 3 is 2.15 bits per heavy atom. The Bertz CT molecular complexity index is 2260. The summed E-state index contributed by atoms with van der Waals surface area (Å²) in [6, 6.07) is 44.3. The van der Waals surface area contributed by atoms with E-state index in [0.29, 0.717) is 0 Å². The third-order valence-electron chi connectivity index (χ3n) is 8.42. The molecule has 0 unspecified atom stereocenters. The van der Waals surface area contributed by atoms with Crippen LogP contribution in [0.5, 0.6) is 0 Å². The van der Waals surface area contributed by atoms with Gasteiger partial charge in [0.25, 0.3) is 0 Å². The van der Waals surface area contributed by atoms with Crippen molar-refractivity contribution in [1.29, 1.82) is 0 Å². The third kappa shape index (κ3) is 2.78. The maximum absolute atomic E-state index is 4.49. The molecule has 180 valence electrons. The van der Waals surface area contributed by atoms with Gasteiger partial charge in [-0.1, -0.05) is 97.1 Å². The molecule has 2 heterocycles. The first-order chi connectivity index (χ1) is 19.4. The minimum atomic E-state index is 1.15. The van der Waals surface area contributed by atoms with E-state index in [1.54, 1.807) is 0 Å². The first-order valence-electron chi connectivity index (χ1n) is 13.4. The van der Waals surface area contributed by atoms with Crippen LogP contribution in [0.4, 0.5) is 0 Å². The fourth-order valence-corrected chi connectivity index (χ4v) is 6.76. The van der Waals surface area contributed by atoms with E-state index in [1.807, 2.05) is 12.4 Å². The van der Waals surface area contributed by atoms with Crippen LogP contribution in [0, 0.1) is 0 Å². The summed E-state index contributed by atoms with van der Waals surface area (Å²) >= 11 is 0. The summed E-state index contributed by atoms with van der Waals surface area (Å²) in [5, 5.41) is 7.53. The van der Waals surface area contributed by atoms with Crippen molar-refractivity contribution in [3.63, 3.8) is 0 Å². The van der Waals surface area contributed by atoms with E-state index in [4.69, 9.17) is 0 Å². The van der Waals surface area contributed by atoms with Gasteiger partial charge in [0.2, 0.25) is 0 Å². The predicted octanol–water partition coefficient (Wildman–Crippen LogP) is 9.80. The number of fused-ring (bicyclic) bond motifs is 8. The zero-order chi connectivity index (χ0) is 25.5. The number of rotatable bonds is 2. The molecule has 0 bridgehead atoms. The minimum absolute atomic E-state index is 1.15. The summed E-state index contributed by atoms with van der Waals surface area (Å²) in [5.41, 5.74) is 11.4. The summed E-state index contributed by atoms with van der Waals surface area (Å²) in [6.45, 7) is 0. The van der Waals surface area contributed by atoms with Crippen molar-refractivity contribution in [1.82, 2.24) is 9.55 Å². The molecule has 39 heavy (non-hydrogen) atoms. The molecule has 0 saturated heterocycles. The van der Waals surface area contributed by atoms with Crippen LogP contribution < -0.4 is 0 Å². The average molecular weight is 495 g/mol. The van der Waals surface area contributed by atoms with Crippen molar-refractivity contribution in [2.24, 2.45) is 0 Å². The molecule has 0 spiro atoms. The molecule has 2 heteroatoms. The lowest BCUT2D eigenvalue weighted by Crippen LogP contribution is -1.95. The molecule has 2 nitrogen and oxygen atoms in total. The van der Waals surface area contributed by atoms with Gasteiger partial charge >= 0.3 is 0 Å². The highest BCUT2D eigenvalue weighted by atomic mass is 15.0. The molecular formula is C37H22N2. The Hall–Kier alpha value is -5.21. The maximum atomic E-state index is 4.49. The highest BCUT2D eigenvalue weighted by molar-refractivity contribution is 6.20. The minimum Gasteiger partial charge on any atom is -0.309 e. The van der Waals surface area contributed by atoms with Gasteiger partial charge in [0, 0.05) is 34.2 Å². The molecule has 0 atom stereocenters. The Morgan fingerprint density at radius 1 is 0.487 bits per heavy atom. The number of aromatic nitrogens is 2. The van der Waals surface area contributed by atoms with Gasteiger partial charge in [-0.3, -0.25) is 4.98 Å². The lowest BCUT2D eigenvalue weighted by atomic mass is 9.94. The topological polar surface area (TPSA) is 17.8 Å². The Balaban J connectivity index is 1.33. The van der Waals surface area contributed by atoms with E-state index < -0.39 is 0 Å². The monoisotopic (exact) mass is 494 g/mol. The van der Waals surface area contributed by atoms with Gasteiger partial charge in [-0.05, 0) is 73.8 Å². The fraction of sp³-hybridized carbons (Fsp3) is 0. The Kier molecular flexibility index (Phi) is 4.08. The predicted molar refractivity (Wildman–Crippen MR) is 163 cm³/mol. The smallest absolute Gasteiger partial charge is 0.0634 e. The van der Waals surface area contributed by atoms with Crippen molar-refractivity contribution < 1.29 is 0 Å². The summed E-state index contributed by atoms with van der Waals surface area (Å²) < 4.78 is 2.41. The zero-order valence-electron chi connectivity index (χ0n) is 21.1. The highest BCUT2D eigenvalue weighted by Crippen LogP contribution is 2.49. The number of para-hydroxylation sites is 1. The van der Waals surface area contributed by atoms with E-state index in [9.17, 15) is 0 Å². The zero-order valence-corrected chi connectivity index (χ0v) is 21.1. The van der Waals surface area contributed by atoms with Crippen molar-refractivity contribution in [2.75, 3.05) is 0 Å². The maximum Gasteiger partial charge on any atom is 0.0634 e. The van der Waals surface area contributed by atoms with Gasteiger partial charge in [0.15, 0.2) is 0 Å². The van der Waals surface area contributed by atoms with Crippen LogP contribution >= 0.6 is 0 Å². The lowest BCUT2D eigenvalue weighted by Gasteiger charge is -2.13. The molecular weight excluding hydrogens is 472 g/mol. The second-order valence-corrected chi connectivity index (χ2v) is 10.4. The molecule has 1 aliphatic rings. The van der Waals surface area contributed by atoms with E-state index in [2.05, 4.69) is 131 Å². The van der Waals surface area contributed by atoms with Crippen molar-refractivity contribution >= 4 is 43.4 Å². The van der Waals surface area contributed by atoms with Gasteiger partial charge < -0.3 is 4.57 Å². The quantitative estimate of drug-likeness (QED) is 0.234. The molecule has 9 rings (SSSR count). The van der Waals surface area contributed by atoms with E-state index in [1.165, 1.54) is 76.7 Å². The normalized spacial score (nSPS) is 12.1. The summed E-state index contributed by atoms with van der Waals surface area (Å²) in [4.78, 5) is 4.49. The first kappa shape index (κ1) is 20.8. The number of hydrogen-bond donors (Lipinski definition) is 0. The SMILES string of the molecule is c1cc(-c2ccc3c4c(cccc24)-c2ccccc2-3)cc(-n2c3ccccc3c3ccc4ccncc4c32)c1. The number of hydrogen-bond acceptors (Lipinski definition) is 1. The standard InChI is InChI=1S/C37H22N2/c1-2-10-28-27(9-1)31-13-6-12-30-26(17-18-32(28)36(30)31)24-7-5-8-25(21-24)39-35-14-4-3-11-29(35)33-16-15-23-19-20-38-22-34(23)37(33)39/h1-22H. The number of pyridine rings is 1. The summed E-state index contributed by atoms with van der Waals surface area (Å²) in [6.07, 6.45) is 3.87. The first-order valence-corrected chi connectivity index (χ1v) is 13.4. The molecule has 1 aliphatic carbocycles. The van der Waals surface area contributed by atoms with Gasteiger partial charge in [-0.2, -0.15) is 0 Å². The summed E-state index contributed by atoms with van der Waals surface area (Å²) in [5.74, 6) is 0. The fourth-order valence-electron chi connectivity index (χ4n) is 6.76. The highest BCUT2D eigenvalue weighted by Gasteiger charge is 2.22. The largest absolute Gasteiger partial charge is 0.309 e.